The van der Waals surface area contributed by atoms with E-state index in [1.54, 1.807) is 0 Å². The van der Waals surface area contributed by atoms with E-state index in [0.717, 1.165) is 25.0 Å². The molecule has 1 aliphatic carbocycles. The molecule has 0 aromatic rings. The third-order valence-corrected chi connectivity index (χ3v) is 2.88. The van der Waals surface area contributed by atoms with Crippen molar-refractivity contribution in [3.8, 4) is 0 Å². The van der Waals surface area contributed by atoms with Crippen molar-refractivity contribution in [1.29, 1.82) is 0 Å². The Morgan fingerprint density at radius 1 is 1.25 bits per heavy atom. The molecule has 2 rings (SSSR count). The van der Waals surface area contributed by atoms with E-state index < -0.39 is 0 Å². The lowest BCUT2D eigenvalue weighted by Crippen LogP contribution is -2.03. The molecule has 2 aliphatic rings. The average Bonchev–Trinajstić information content (AvgIpc) is 2.22. The van der Waals surface area contributed by atoms with Crippen LogP contribution in [0.1, 0.15) is 13.8 Å². The highest BCUT2D eigenvalue weighted by Gasteiger charge is 2.60. The number of ether oxygens (including phenoxy) is 1. The second kappa shape index (κ2) is 1.10. The Labute approximate surface area is 50.0 Å². The molecular formula is C7H12O. The Morgan fingerprint density at radius 3 is 2.00 bits per heavy atom. The summed E-state index contributed by atoms with van der Waals surface area (Å²) in [7, 11) is 0. The van der Waals surface area contributed by atoms with Crippen LogP contribution in [0.3, 0.4) is 0 Å². The zero-order chi connectivity index (χ0) is 5.78. The minimum atomic E-state index is 0.637. The summed E-state index contributed by atoms with van der Waals surface area (Å²) >= 11 is 0. The molecule has 1 heteroatoms. The zero-order valence-electron chi connectivity index (χ0n) is 5.48. The summed E-state index contributed by atoms with van der Waals surface area (Å²) in [6.07, 6.45) is 0. The first kappa shape index (κ1) is 4.80. The van der Waals surface area contributed by atoms with E-state index in [1.807, 2.05) is 0 Å². The fourth-order valence-electron chi connectivity index (χ4n) is 1.84. The Balaban J connectivity index is 2.13. The first-order valence-corrected chi connectivity index (χ1v) is 3.30. The van der Waals surface area contributed by atoms with Crippen LogP contribution >= 0.6 is 0 Å². The van der Waals surface area contributed by atoms with Gasteiger partial charge in [-0.1, -0.05) is 13.8 Å². The van der Waals surface area contributed by atoms with Crippen molar-refractivity contribution in [2.45, 2.75) is 13.8 Å². The Kier molecular flexibility index (Phi) is 0.663. The first-order valence-electron chi connectivity index (χ1n) is 3.30. The van der Waals surface area contributed by atoms with Crippen molar-refractivity contribution in [1.82, 2.24) is 0 Å². The van der Waals surface area contributed by atoms with Gasteiger partial charge in [-0.25, -0.2) is 0 Å². The molecule has 0 N–H and O–H groups in total. The average molecular weight is 112 g/mol. The largest absolute Gasteiger partial charge is 0.381 e. The quantitative estimate of drug-likeness (QED) is 0.459. The molecule has 1 saturated heterocycles. The predicted octanol–water partition coefficient (Wildman–Crippen LogP) is 1.29. The van der Waals surface area contributed by atoms with Gasteiger partial charge in [-0.2, -0.15) is 0 Å². The standard InChI is InChI=1S/C7H12O/c1-7(2)5-3-8-4-6(5)7/h5-6H,3-4H2,1-2H3/t5-,6+. The topological polar surface area (TPSA) is 9.23 Å². The normalized spacial score (nSPS) is 48.8. The van der Waals surface area contributed by atoms with Crippen LogP contribution in [0.5, 0.6) is 0 Å². The number of fused-ring (bicyclic) bond motifs is 1. The van der Waals surface area contributed by atoms with E-state index in [-0.39, 0.29) is 0 Å². The molecule has 0 amide bonds. The minimum absolute atomic E-state index is 0.637. The molecule has 1 aliphatic heterocycles. The second-order valence-electron chi connectivity index (χ2n) is 3.57. The summed E-state index contributed by atoms with van der Waals surface area (Å²) in [5.74, 6) is 1.81. The van der Waals surface area contributed by atoms with Gasteiger partial charge in [0.05, 0.1) is 13.2 Å². The summed E-state index contributed by atoms with van der Waals surface area (Å²) in [5, 5.41) is 0. The summed E-state index contributed by atoms with van der Waals surface area (Å²) in [6.45, 7) is 6.73. The van der Waals surface area contributed by atoms with Gasteiger partial charge in [-0.15, -0.1) is 0 Å². The van der Waals surface area contributed by atoms with Crippen LogP contribution in [0.15, 0.2) is 0 Å². The summed E-state index contributed by atoms with van der Waals surface area (Å²) < 4.78 is 5.24. The molecule has 0 bridgehead atoms. The number of hydrogen-bond donors (Lipinski definition) is 0. The molecule has 1 saturated carbocycles. The van der Waals surface area contributed by atoms with Gasteiger partial charge in [0, 0.05) is 0 Å². The lowest BCUT2D eigenvalue weighted by Gasteiger charge is -2.05. The van der Waals surface area contributed by atoms with E-state index in [2.05, 4.69) is 13.8 Å². The van der Waals surface area contributed by atoms with Crippen LogP contribution in [-0.2, 0) is 4.74 Å². The maximum Gasteiger partial charge on any atom is 0.0503 e. The SMILES string of the molecule is CC1(C)[C@@H]2COC[C@@H]21. The van der Waals surface area contributed by atoms with Crippen molar-refractivity contribution in [3.63, 3.8) is 0 Å². The highest BCUT2D eigenvalue weighted by Crippen LogP contribution is 2.61. The van der Waals surface area contributed by atoms with Crippen LogP contribution in [-0.4, -0.2) is 13.2 Å². The predicted molar refractivity (Wildman–Crippen MR) is 31.6 cm³/mol. The third kappa shape index (κ3) is 0.368. The Bertz CT molecular complexity index is 106. The van der Waals surface area contributed by atoms with Gasteiger partial charge < -0.3 is 4.74 Å². The monoisotopic (exact) mass is 112 g/mol. The molecule has 1 nitrogen and oxygen atoms in total. The zero-order valence-corrected chi connectivity index (χ0v) is 5.48. The molecule has 2 atom stereocenters. The van der Waals surface area contributed by atoms with Gasteiger partial charge in [0.2, 0.25) is 0 Å². The van der Waals surface area contributed by atoms with E-state index in [1.165, 1.54) is 0 Å². The lowest BCUT2D eigenvalue weighted by molar-refractivity contribution is 0.134. The molecule has 2 fully saturated rings. The van der Waals surface area contributed by atoms with Crippen LogP contribution in [0, 0.1) is 17.3 Å². The van der Waals surface area contributed by atoms with Gasteiger partial charge >= 0.3 is 0 Å². The molecule has 0 radical (unpaired) electrons. The van der Waals surface area contributed by atoms with Gasteiger partial charge in [0.15, 0.2) is 0 Å². The van der Waals surface area contributed by atoms with Crippen molar-refractivity contribution in [2.75, 3.05) is 13.2 Å². The molecule has 1 heterocycles. The minimum Gasteiger partial charge on any atom is -0.381 e. The maximum atomic E-state index is 5.24. The fraction of sp³-hybridized carbons (Fsp3) is 1.00. The molecule has 0 spiro atoms. The first-order chi connectivity index (χ1) is 3.73. The molecule has 46 valence electrons. The summed E-state index contributed by atoms with van der Waals surface area (Å²) in [5.41, 5.74) is 0.637. The van der Waals surface area contributed by atoms with Crippen molar-refractivity contribution in [2.24, 2.45) is 17.3 Å². The Hall–Kier alpha value is -0.0400. The molecule has 0 aromatic heterocycles. The number of rotatable bonds is 0. The number of hydrogen-bond acceptors (Lipinski definition) is 1. The molecule has 8 heavy (non-hydrogen) atoms. The van der Waals surface area contributed by atoms with Gasteiger partial charge in [0.1, 0.15) is 0 Å². The van der Waals surface area contributed by atoms with Gasteiger partial charge in [-0.05, 0) is 17.3 Å². The van der Waals surface area contributed by atoms with Crippen LogP contribution in [0.25, 0.3) is 0 Å². The summed E-state index contributed by atoms with van der Waals surface area (Å²) in [4.78, 5) is 0. The van der Waals surface area contributed by atoms with Gasteiger partial charge in [-0.3, -0.25) is 0 Å². The van der Waals surface area contributed by atoms with E-state index in [0.29, 0.717) is 5.41 Å². The summed E-state index contributed by atoms with van der Waals surface area (Å²) in [6, 6.07) is 0. The van der Waals surface area contributed by atoms with Crippen LogP contribution in [0.2, 0.25) is 0 Å². The molecule has 0 aromatic carbocycles. The van der Waals surface area contributed by atoms with E-state index >= 15 is 0 Å². The van der Waals surface area contributed by atoms with E-state index in [9.17, 15) is 0 Å². The second-order valence-corrected chi connectivity index (χ2v) is 3.57. The van der Waals surface area contributed by atoms with Gasteiger partial charge in [0.25, 0.3) is 0 Å². The van der Waals surface area contributed by atoms with Crippen LogP contribution < -0.4 is 0 Å². The van der Waals surface area contributed by atoms with Crippen LogP contribution in [0.4, 0.5) is 0 Å². The van der Waals surface area contributed by atoms with Crippen molar-refractivity contribution >= 4 is 0 Å². The smallest absolute Gasteiger partial charge is 0.0503 e. The Morgan fingerprint density at radius 2 is 1.75 bits per heavy atom. The lowest BCUT2D eigenvalue weighted by atomic mass is 10.1. The third-order valence-electron chi connectivity index (χ3n) is 2.88. The van der Waals surface area contributed by atoms with Crippen molar-refractivity contribution in [3.05, 3.63) is 0 Å². The molecule has 0 unspecified atom stereocenters. The maximum absolute atomic E-state index is 5.24. The molecular weight excluding hydrogens is 100 g/mol. The fourth-order valence-corrected chi connectivity index (χ4v) is 1.84. The highest BCUT2D eigenvalue weighted by atomic mass is 16.5. The van der Waals surface area contributed by atoms with E-state index in [4.69, 9.17) is 4.74 Å². The van der Waals surface area contributed by atoms with Crippen molar-refractivity contribution < 1.29 is 4.74 Å². The highest BCUT2D eigenvalue weighted by molar-refractivity contribution is 5.07.